The van der Waals surface area contributed by atoms with Crippen LogP contribution in [0.3, 0.4) is 0 Å². The second-order valence-electron chi connectivity index (χ2n) is 6.79. The molecule has 0 radical (unpaired) electrons. The Bertz CT molecular complexity index is 1040. The fourth-order valence-corrected chi connectivity index (χ4v) is 4.35. The maximum absolute atomic E-state index is 14.2. The van der Waals surface area contributed by atoms with E-state index in [1.165, 1.54) is 0 Å². The molecule has 7 nitrogen and oxygen atoms in total. The van der Waals surface area contributed by atoms with Gasteiger partial charge in [0, 0.05) is 24.2 Å². The van der Waals surface area contributed by atoms with Crippen molar-refractivity contribution in [2.24, 2.45) is 5.73 Å². The predicted molar refractivity (Wildman–Crippen MR) is 99.7 cm³/mol. The van der Waals surface area contributed by atoms with Gasteiger partial charge in [-0.3, -0.25) is 5.32 Å². The molecule has 0 aliphatic heterocycles. The molecular weight excluding hydrogens is 386 g/mol. The zero-order valence-corrected chi connectivity index (χ0v) is 15.5. The summed E-state index contributed by atoms with van der Waals surface area (Å²) >= 11 is 0.957. The number of aromatic nitrogens is 3. The van der Waals surface area contributed by atoms with Crippen molar-refractivity contribution in [3.8, 4) is 17.3 Å². The molecule has 1 unspecified atom stereocenters. The second kappa shape index (κ2) is 7.18. The van der Waals surface area contributed by atoms with E-state index in [0.717, 1.165) is 16.9 Å². The van der Waals surface area contributed by atoms with Crippen LogP contribution in [0.5, 0.6) is 0 Å². The fraction of sp³-hybridized carbons (Fsp3) is 0.389. The van der Waals surface area contributed by atoms with Crippen molar-refractivity contribution >= 4 is 16.9 Å². The highest BCUT2D eigenvalue weighted by molar-refractivity contribution is 7.12. The monoisotopic (exact) mass is 404 g/mol. The number of aliphatic hydroxyl groups is 1. The summed E-state index contributed by atoms with van der Waals surface area (Å²) in [6.45, 7) is 0. The molecule has 10 heteroatoms. The van der Waals surface area contributed by atoms with Gasteiger partial charge in [-0.05, 0) is 25.0 Å². The van der Waals surface area contributed by atoms with Crippen LogP contribution in [-0.2, 0) is 0 Å². The van der Waals surface area contributed by atoms with Gasteiger partial charge in [-0.2, -0.15) is 10.4 Å². The number of fused-ring (bicyclic) bond motifs is 1. The number of nitriles is 1. The van der Waals surface area contributed by atoms with Gasteiger partial charge in [-0.15, -0.1) is 11.3 Å². The van der Waals surface area contributed by atoms with Gasteiger partial charge in [-0.25, -0.2) is 18.3 Å². The average molecular weight is 404 g/mol. The van der Waals surface area contributed by atoms with Crippen LogP contribution in [-0.4, -0.2) is 37.7 Å². The molecule has 4 rings (SSSR count). The first-order chi connectivity index (χ1) is 13.4. The van der Waals surface area contributed by atoms with Gasteiger partial charge in [0.25, 0.3) is 5.92 Å². The Hall–Kier alpha value is -2.45. The van der Waals surface area contributed by atoms with Crippen LogP contribution >= 0.6 is 11.3 Å². The third-order valence-electron chi connectivity index (χ3n) is 4.93. The molecule has 3 aromatic rings. The van der Waals surface area contributed by atoms with E-state index in [1.807, 2.05) is 18.2 Å². The van der Waals surface area contributed by atoms with Gasteiger partial charge in [-0.1, -0.05) is 6.07 Å². The minimum absolute atomic E-state index is 0.135. The molecule has 1 aliphatic rings. The average Bonchev–Trinajstić information content (AvgIpc) is 3.28. The number of hydrogen-bond donors (Lipinski definition) is 3. The van der Waals surface area contributed by atoms with Crippen molar-refractivity contribution in [3.05, 3.63) is 40.5 Å². The predicted octanol–water partition coefficient (Wildman–Crippen LogP) is 2.43. The molecule has 28 heavy (non-hydrogen) atoms. The Morgan fingerprint density at radius 3 is 3.04 bits per heavy atom. The molecule has 3 aromatic heterocycles. The van der Waals surface area contributed by atoms with Crippen LogP contribution < -0.4 is 11.1 Å². The molecule has 146 valence electrons. The van der Waals surface area contributed by atoms with E-state index in [1.54, 1.807) is 16.9 Å². The van der Waals surface area contributed by atoms with Crippen molar-refractivity contribution in [2.75, 3.05) is 0 Å². The molecule has 0 bridgehead atoms. The summed E-state index contributed by atoms with van der Waals surface area (Å²) in [7, 11) is 0. The SMILES string of the molecule is N#Cc1sc(C(O)N[C@@H]2[C@H](N)CCCC2(F)F)nc1-c1cnn2ccccc12. The van der Waals surface area contributed by atoms with Gasteiger partial charge in [0.2, 0.25) is 0 Å². The quantitative estimate of drug-likeness (QED) is 0.576. The smallest absolute Gasteiger partial charge is 0.264 e. The van der Waals surface area contributed by atoms with E-state index in [4.69, 9.17) is 5.73 Å². The molecule has 0 spiro atoms. The number of nitrogens with zero attached hydrogens (tertiary/aromatic N) is 4. The summed E-state index contributed by atoms with van der Waals surface area (Å²) in [5.41, 5.74) is 7.59. The van der Waals surface area contributed by atoms with Gasteiger partial charge in [0.1, 0.15) is 21.6 Å². The van der Waals surface area contributed by atoms with E-state index < -0.39 is 24.2 Å². The topological polar surface area (TPSA) is 112 Å². The van der Waals surface area contributed by atoms with Crippen molar-refractivity contribution < 1.29 is 13.9 Å². The third kappa shape index (κ3) is 3.27. The number of hydrogen-bond acceptors (Lipinski definition) is 7. The van der Waals surface area contributed by atoms with Crippen LogP contribution in [0.1, 0.15) is 35.4 Å². The maximum atomic E-state index is 14.2. The lowest BCUT2D eigenvalue weighted by molar-refractivity contribution is -0.0857. The molecule has 1 aliphatic carbocycles. The first-order valence-electron chi connectivity index (χ1n) is 8.82. The van der Waals surface area contributed by atoms with Crippen LogP contribution in [0.2, 0.25) is 0 Å². The van der Waals surface area contributed by atoms with Crippen LogP contribution in [0.4, 0.5) is 8.78 Å². The second-order valence-corrected chi connectivity index (χ2v) is 7.82. The standard InChI is InChI=1S/C18H18F2N6OS/c19-18(20)6-3-4-11(22)15(18)25-16(27)17-24-14(13(8-21)28-17)10-9-23-26-7-2-1-5-12(10)26/h1-2,5,7,9,11,15-16,25,27H,3-4,6,22H2/t11-,15-,16?/m1/s1. The number of alkyl halides is 2. The van der Waals surface area contributed by atoms with E-state index in [2.05, 4.69) is 21.5 Å². The molecule has 4 N–H and O–H groups in total. The minimum atomic E-state index is -3.01. The van der Waals surface area contributed by atoms with Crippen molar-refractivity contribution in [1.82, 2.24) is 19.9 Å². The first-order valence-corrected chi connectivity index (χ1v) is 9.63. The summed E-state index contributed by atoms with van der Waals surface area (Å²) in [4.78, 5) is 4.63. The third-order valence-corrected chi connectivity index (χ3v) is 5.94. The van der Waals surface area contributed by atoms with Crippen LogP contribution in [0.25, 0.3) is 16.8 Å². The van der Waals surface area contributed by atoms with Gasteiger partial charge in [0.15, 0.2) is 6.23 Å². The van der Waals surface area contributed by atoms with E-state index in [-0.39, 0.29) is 16.3 Å². The molecule has 3 heterocycles. The van der Waals surface area contributed by atoms with Crippen molar-refractivity contribution in [1.29, 1.82) is 5.26 Å². The minimum Gasteiger partial charge on any atom is -0.372 e. The van der Waals surface area contributed by atoms with Crippen LogP contribution in [0.15, 0.2) is 30.6 Å². The zero-order chi connectivity index (χ0) is 19.9. The molecule has 0 saturated heterocycles. The molecule has 1 saturated carbocycles. The fourth-order valence-electron chi connectivity index (χ4n) is 3.52. The number of aliphatic hydroxyl groups excluding tert-OH is 1. The normalized spacial score (nSPS) is 22.8. The molecule has 3 atom stereocenters. The number of halogens is 2. The van der Waals surface area contributed by atoms with Gasteiger partial charge in [0.05, 0.1) is 17.8 Å². The largest absolute Gasteiger partial charge is 0.372 e. The molecule has 0 aromatic carbocycles. The number of pyridine rings is 1. The number of nitrogens with two attached hydrogens (primary N) is 1. The Morgan fingerprint density at radius 1 is 1.46 bits per heavy atom. The Kier molecular flexibility index (Phi) is 4.84. The van der Waals surface area contributed by atoms with E-state index in [0.29, 0.717) is 24.1 Å². The van der Waals surface area contributed by atoms with E-state index >= 15 is 0 Å². The Balaban J connectivity index is 1.65. The summed E-state index contributed by atoms with van der Waals surface area (Å²) in [5.74, 6) is -3.01. The number of nitrogens with one attached hydrogen (secondary N) is 1. The number of rotatable bonds is 4. The Labute approximate surface area is 163 Å². The van der Waals surface area contributed by atoms with Crippen molar-refractivity contribution in [2.45, 2.75) is 43.5 Å². The highest BCUT2D eigenvalue weighted by Gasteiger charge is 2.46. The van der Waals surface area contributed by atoms with Crippen LogP contribution in [0, 0.1) is 11.3 Å². The highest BCUT2D eigenvalue weighted by Crippen LogP contribution is 2.36. The molecule has 1 fully saturated rings. The number of thiazole rings is 1. The highest BCUT2D eigenvalue weighted by atomic mass is 32.1. The zero-order valence-electron chi connectivity index (χ0n) is 14.7. The van der Waals surface area contributed by atoms with Gasteiger partial charge >= 0.3 is 0 Å². The summed E-state index contributed by atoms with van der Waals surface area (Å²) in [6.07, 6.45) is 2.42. The lowest BCUT2D eigenvalue weighted by Gasteiger charge is -2.37. The Morgan fingerprint density at radius 2 is 2.29 bits per heavy atom. The summed E-state index contributed by atoms with van der Waals surface area (Å²) in [6, 6.07) is 5.42. The van der Waals surface area contributed by atoms with Gasteiger partial charge < -0.3 is 10.8 Å². The first kappa shape index (κ1) is 18.9. The summed E-state index contributed by atoms with van der Waals surface area (Å²) in [5, 5.41) is 26.8. The lowest BCUT2D eigenvalue weighted by atomic mass is 9.87. The molecular formula is C18H18F2N6OS. The summed E-state index contributed by atoms with van der Waals surface area (Å²) < 4.78 is 30.1. The van der Waals surface area contributed by atoms with Crippen molar-refractivity contribution in [3.63, 3.8) is 0 Å². The lowest BCUT2D eigenvalue weighted by Crippen LogP contribution is -2.59. The van der Waals surface area contributed by atoms with E-state index in [9.17, 15) is 19.1 Å². The maximum Gasteiger partial charge on any atom is 0.264 e. The molecule has 0 amide bonds.